The molecule has 0 spiro atoms. The van der Waals surface area contributed by atoms with E-state index in [1.165, 1.54) is 6.07 Å². The third-order valence-electron chi connectivity index (χ3n) is 1.54. The highest BCUT2D eigenvalue weighted by Crippen LogP contribution is 2.14. The molecule has 8 heteroatoms. The number of imide groups is 1. The van der Waals surface area contributed by atoms with E-state index >= 15 is 0 Å². The maximum Gasteiger partial charge on any atom is 0.415 e. The minimum Gasteiger partial charge on any atom is -0.450 e. The third-order valence-corrected chi connectivity index (χ3v) is 2.09. The van der Waals surface area contributed by atoms with Crippen molar-refractivity contribution in [3.63, 3.8) is 0 Å². The van der Waals surface area contributed by atoms with Gasteiger partial charge in [-0.25, -0.2) is 24.3 Å². The minimum atomic E-state index is -0.869. The van der Waals surface area contributed by atoms with Gasteiger partial charge in [-0.2, -0.15) is 0 Å². The topological polar surface area (TPSA) is 80.3 Å². The predicted octanol–water partition coefficient (Wildman–Crippen LogP) is 2.26. The normalized spacial score (nSPS) is 9.59. The Balaban J connectivity index is 2.56. The van der Waals surface area contributed by atoms with Crippen LogP contribution in [0.15, 0.2) is 16.7 Å². The van der Waals surface area contributed by atoms with Gasteiger partial charge < -0.3 is 4.74 Å². The van der Waals surface area contributed by atoms with E-state index in [4.69, 9.17) is 0 Å². The summed E-state index contributed by atoms with van der Waals surface area (Å²) in [7, 11) is 0. The Labute approximate surface area is 105 Å². The predicted molar refractivity (Wildman–Crippen MR) is 61.1 cm³/mol. The highest BCUT2D eigenvalue weighted by Gasteiger charge is 2.09. The minimum absolute atomic E-state index is 0.0357. The second kappa shape index (κ2) is 6.14. The number of hydrogen-bond acceptors (Lipinski definition) is 4. The molecule has 0 saturated heterocycles. The number of rotatable bonds is 2. The van der Waals surface area contributed by atoms with Crippen molar-refractivity contribution in [2.24, 2.45) is 0 Å². The van der Waals surface area contributed by atoms with Gasteiger partial charge in [0.25, 0.3) is 0 Å². The van der Waals surface area contributed by atoms with Crippen LogP contribution in [0.2, 0.25) is 0 Å². The van der Waals surface area contributed by atoms with Gasteiger partial charge in [0.2, 0.25) is 0 Å². The van der Waals surface area contributed by atoms with Gasteiger partial charge in [0.1, 0.15) is 10.4 Å². The van der Waals surface area contributed by atoms with E-state index in [1.54, 1.807) is 6.92 Å². The molecule has 92 valence electrons. The van der Waals surface area contributed by atoms with Gasteiger partial charge >= 0.3 is 12.1 Å². The number of ether oxygens (including phenoxy) is 1. The number of urea groups is 1. The fourth-order valence-corrected chi connectivity index (χ4v) is 1.22. The van der Waals surface area contributed by atoms with E-state index in [2.05, 4.69) is 31.0 Å². The van der Waals surface area contributed by atoms with Crippen LogP contribution in [0.25, 0.3) is 0 Å². The van der Waals surface area contributed by atoms with Crippen molar-refractivity contribution in [2.45, 2.75) is 6.92 Å². The lowest BCUT2D eigenvalue weighted by Gasteiger charge is -2.06. The summed E-state index contributed by atoms with van der Waals surface area (Å²) in [5.74, 6) is -0.457. The molecule has 0 aliphatic rings. The first-order chi connectivity index (χ1) is 8.02. The molecule has 0 fully saturated rings. The summed E-state index contributed by atoms with van der Waals surface area (Å²) in [6, 6.07) is 1.57. The van der Waals surface area contributed by atoms with Crippen LogP contribution in [0, 0.1) is 5.82 Å². The average Bonchev–Trinajstić information content (AvgIpc) is 2.23. The van der Waals surface area contributed by atoms with Gasteiger partial charge in [-0.1, -0.05) is 0 Å². The second-order valence-electron chi connectivity index (χ2n) is 2.77. The lowest BCUT2D eigenvalue weighted by atomic mass is 10.4. The van der Waals surface area contributed by atoms with Gasteiger partial charge in [0.05, 0.1) is 6.61 Å². The Morgan fingerprint density at radius 2 is 2.24 bits per heavy atom. The van der Waals surface area contributed by atoms with Crippen LogP contribution in [0.1, 0.15) is 6.92 Å². The smallest absolute Gasteiger partial charge is 0.415 e. The number of nitrogens with zero attached hydrogens (tertiary/aromatic N) is 1. The summed E-state index contributed by atoms with van der Waals surface area (Å²) in [6.45, 7) is 1.76. The van der Waals surface area contributed by atoms with Crippen molar-refractivity contribution in [1.82, 2.24) is 10.3 Å². The molecular weight excluding hydrogens is 297 g/mol. The van der Waals surface area contributed by atoms with Crippen molar-refractivity contribution in [2.75, 3.05) is 11.9 Å². The highest BCUT2D eigenvalue weighted by atomic mass is 79.9. The molecule has 2 N–H and O–H groups in total. The van der Waals surface area contributed by atoms with Crippen molar-refractivity contribution >= 4 is 33.9 Å². The van der Waals surface area contributed by atoms with Crippen LogP contribution in [0.5, 0.6) is 0 Å². The van der Waals surface area contributed by atoms with Gasteiger partial charge in [-0.3, -0.25) is 5.32 Å². The molecule has 0 aliphatic carbocycles. The molecule has 1 heterocycles. The Kier molecular flexibility index (Phi) is 4.83. The first-order valence-corrected chi connectivity index (χ1v) is 5.39. The van der Waals surface area contributed by atoms with Crippen molar-refractivity contribution < 1.29 is 18.7 Å². The summed E-state index contributed by atoms with van der Waals surface area (Å²) in [4.78, 5) is 25.8. The zero-order valence-electron chi connectivity index (χ0n) is 8.79. The number of nitrogens with one attached hydrogen (secondary N) is 2. The van der Waals surface area contributed by atoms with Crippen molar-refractivity contribution in [3.8, 4) is 0 Å². The molecule has 0 unspecified atom stereocenters. The fourth-order valence-electron chi connectivity index (χ4n) is 0.894. The molecular formula is C9H9BrFN3O3. The third kappa shape index (κ3) is 4.35. The van der Waals surface area contributed by atoms with Gasteiger partial charge in [-0.15, -0.1) is 0 Å². The summed E-state index contributed by atoms with van der Waals surface area (Å²) in [6.07, 6.45) is -0.869. The van der Waals surface area contributed by atoms with E-state index in [-0.39, 0.29) is 17.0 Å². The summed E-state index contributed by atoms with van der Waals surface area (Å²) in [5.41, 5.74) is 0. The number of aromatic nitrogens is 1. The fraction of sp³-hybridized carbons (Fsp3) is 0.222. The lowest BCUT2D eigenvalue weighted by Crippen LogP contribution is -2.35. The van der Waals surface area contributed by atoms with E-state index in [9.17, 15) is 14.0 Å². The number of anilines is 1. The van der Waals surface area contributed by atoms with Gasteiger partial charge in [0.15, 0.2) is 5.82 Å². The number of carbonyl (C=O) groups is 2. The zero-order valence-corrected chi connectivity index (χ0v) is 10.4. The quantitative estimate of drug-likeness (QED) is 0.821. The molecule has 17 heavy (non-hydrogen) atoms. The lowest BCUT2D eigenvalue weighted by molar-refractivity contribution is 0.154. The molecule has 3 amide bonds. The van der Waals surface area contributed by atoms with E-state index in [1.807, 2.05) is 5.32 Å². The Morgan fingerprint density at radius 3 is 2.82 bits per heavy atom. The van der Waals surface area contributed by atoms with E-state index in [0.29, 0.717) is 0 Å². The first-order valence-electron chi connectivity index (χ1n) is 4.59. The zero-order chi connectivity index (χ0) is 12.8. The maximum absolute atomic E-state index is 12.8. The molecule has 0 radical (unpaired) electrons. The maximum atomic E-state index is 12.8. The number of halogens is 2. The van der Waals surface area contributed by atoms with E-state index < -0.39 is 17.9 Å². The van der Waals surface area contributed by atoms with Crippen LogP contribution in [-0.4, -0.2) is 23.7 Å². The molecule has 0 saturated carbocycles. The molecule has 6 nitrogen and oxygen atoms in total. The van der Waals surface area contributed by atoms with E-state index in [0.717, 1.165) is 6.07 Å². The van der Waals surface area contributed by atoms with Gasteiger partial charge in [-0.05, 0) is 35.0 Å². The number of carbonyl (C=O) groups excluding carboxylic acids is 2. The molecule has 0 bridgehead atoms. The number of pyridine rings is 1. The molecule has 0 atom stereocenters. The largest absolute Gasteiger partial charge is 0.450 e. The molecule has 0 aliphatic heterocycles. The van der Waals surface area contributed by atoms with Crippen LogP contribution in [-0.2, 0) is 4.74 Å². The standard InChI is InChI=1S/C9H9BrFN3O3/c1-2-17-9(16)14-8(15)13-6-4-3-5(11)7(10)12-6/h3-4H,2H2,1H3,(H2,12,13,14,15,16). The first kappa shape index (κ1) is 13.4. The number of amides is 3. The van der Waals surface area contributed by atoms with Crippen LogP contribution in [0.4, 0.5) is 19.8 Å². The molecule has 0 aromatic carbocycles. The van der Waals surface area contributed by atoms with Gasteiger partial charge in [0, 0.05) is 0 Å². The Morgan fingerprint density at radius 1 is 1.53 bits per heavy atom. The Bertz CT molecular complexity index is 441. The summed E-state index contributed by atoms with van der Waals surface area (Å²) < 4.78 is 17.3. The Hall–Kier alpha value is -1.70. The summed E-state index contributed by atoms with van der Waals surface area (Å²) in [5, 5.41) is 4.14. The number of alkyl carbamates (subject to hydrolysis) is 1. The van der Waals surface area contributed by atoms with Crippen molar-refractivity contribution in [1.29, 1.82) is 0 Å². The summed E-state index contributed by atoms with van der Waals surface area (Å²) >= 11 is 2.86. The second-order valence-corrected chi connectivity index (χ2v) is 3.52. The highest BCUT2D eigenvalue weighted by molar-refractivity contribution is 9.10. The SMILES string of the molecule is CCOC(=O)NC(=O)Nc1ccc(F)c(Br)n1. The van der Waals surface area contributed by atoms with Crippen LogP contribution in [0.3, 0.4) is 0 Å². The molecule has 1 rings (SSSR count). The monoisotopic (exact) mass is 305 g/mol. The molecule has 1 aromatic rings. The average molecular weight is 306 g/mol. The van der Waals surface area contributed by atoms with Crippen LogP contribution < -0.4 is 10.6 Å². The van der Waals surface area contributed by atoms with Crippen LogP contribution >= 0.6 is 15.9 Å². The number of hydrogen-bond donors (Lipinski definition) is 2. The van der Waals surface area contributed by atoms with Crippen molar-refractivity contribution in [3.05, 3.63) is 22.6 Å². The molecule has 1 aromatic heterocycles.